The van der Waals surface area contributed by atoms with E-state index >= 15 is 0 Å². The van der Waals surface area contributed by atoms with Crippen LogP contribution in [0.3, 0.4) is 0 Å². The summed E-state index contributed by atoms with van der Waals surface area (Å²) in [5.74, 6) is 0.891. The second-order valence-corrected chi connectivity index (χ2v) is 5.46. The zero-order valence-electron chi connectivity index (χ0n) is 11.1. The molecule has 3 aromatic heterocycles. The molecule has 0 aliphatic rings. The Morgan fingerprint density at radius 3 is 3.00 bits per heavy atom. The second-order valence-electron chi connectivity index (χ2n) is 4.55. The lowest BCUT2D eigenvalue weighted by molar-refractivity contribution is 0.911. The third kappa shape index (κ3) is 2.33. The average Bonchev–Trinajstić information content (AvgIpc) is 3.01. The smallest absolute Gasteiger partial charge is 0.154 e. The lowest BCUT2D eigenvalue weighted by atomic mass is 10.3. The molecule has 0 unspecified atom stereocenters. The van der Waals surface area contributed by atoms with Crippen molar-refractivity contribution in [1.82, 2.24) is 14.6 Å². The first-order valence-electron chi connectivity index (χ1n) is 6.42. The molecule has 4 nitrogen and oxygen atoms in total. The molecule has 0 amide bonds. The van der Waals surface area contributed by atoms with E-state index in [2.05, 4.69) is 40.7 Å². The van der Waals surface area contributed by atoms with Crippen LogP contribution in [0.1, 0.15) is 18.9 Å². The quantitative estimate of drug-likeness (QED) is 0.789. The summed E-state index contributed by atoms with van der Waals surface area (Å²) in [7, 11) is 0. The van der Waals surface area contributed by atoms with Gasteiger partial charge in [-0.25, -0.2) is 9.50 Å². The number of fused-ring (bicyclic) bond motifs is 1. The number of thiophene rings is 1. The summed E-state index contributed by atoms with van der Waals surface area (Å²) in [5.41, 5.74) is 3.20. The number of hydrogen-bond acceptors (Lipinski definition) is 4. The average molecular weight is 272 g/mol. The van der Waals surface area contributed by atoms with E-state index in [-0.39, 0.29) is 0 Å². The van der Waals surface area contributed by atoms with Gasteiger partial charge in [-0.1, -0.05) is 6.92 Å². The Morgan fingerprint density at radius 2 is 2.26 bits per heavy atom. The monoisotopic (exact) mass is 272 g/mol. The van der Waals surface area contributed by atoms with Crippen molar-refractivity contribution in [2.45, 2.75) is 20.3 Å². The third-order valence-corrected chi connectivity index (χ3v) is 3.97. The molecule has 0 spiro atoms. The predicted octanol–water partition coefficient (Wildman–Crippen LogP) is 3.59. The molecule has 0 aliphatic heterocycles. The van der Waals surface area contributed by atoms with Crippen molar-refractivity contribution in [3.63, 3.8) is 0 Å². The first-order valence-corrected chi connectivity index (χ1v) is 7.30. The van der Waals surface area contributed by atoms with Crippen molar-refractivity contribution in [2.75, 3.05) is 11.9 Å². The molecule has 0 aromatic carbocycles. The van der Waals surface area contributed by atoms with Crippen molar-refractivity contribution < 1.29 is 0 Å². The van der Waals surface area contributed by atoms with E-state index in [4.69, 9.17) is 0 Å². The van der Waals surface area contributed by atoms with Crippen molar-refractivity contribution >= 4 is 22.8 Å². The molecule has 0 aliphatic carbocycles. The number of aromatic nitrogens is 3. The summed E-state index contributed by atoms with van der Waals surface area (Å²) >= 11 is 1.72. The van der Waals surface area contributed by atoms with Gasteiger partial charge in [0.15, 0.2) is 5.65 Å². The Kier molecular flexibility index (Phi) is 3.21. The molecular weight excluding hydrogens is 256 g/mol. The highest BCUT2D eigenvalue weighted by atomic mass is 32.1. The normalized spacial score (nSPS) is 11.1. The van der Waals surface area contributed by atoms with Gasteiger partial charge in [-0.05, 0) is 42.5 Å². The molecule has 19 heavy (non-hydrogen) atoms. The van der Waals surface area contributed by atoms with Gasteiger partial charge in [-0.15, -0.1) is 16.4 Å². The number of rotatable bonds is 4. The van der Waals surface area contributed by atoms with Gasteiger partial charge in [0.2, 0.25) is 0 Å². The van der Waals surface area contributed by atoms with E-state index in [1.54, 1.807) is 11.3 Å². The van der Waals surface area contributed by atoms with Gasteiger partial charge in [0, 0.05) is 6.54 Å². The van der Waals surface area contributed by atoms with E-state index in [1.165, 1.54) is 10.4 Å². The number of hydrogen-bond donors (Lipinski definition) is 1. The Labute approximate surface area is 116 Å². The third-order valence-electron chi connectivity index (χ3n) is 2.90. The van der Waals surface area contributed by atoms with Gasteiger partial charge < -0.3 is 5.32 Å². The van der Waals surface area contributed by atoms with Gasteiger partial charge in [0.1, 0.15) is 11.5 Å². The van der Waals surface area contributed by atoms with Crippen molar-refractivity contribution in [3.05, 3.63) is 35.3 Å². The van der Waals surface area contributed by atoms with E-state index in [0.29, 0.717) is 0 Å². The number of imidazole rings is 1. The van der Waals surface area contributed by atoms with Crippen LogP contribution in [0.15, 0.2) is 29.8 Å². The van der Waals surface area contributed by atoms with Crippen LogP contribution in [0.2, 0.25) is 0 Å². The van der Waals surface area contributed by atoms with Gasteiger partial charge in [-0.2, -0.15) is 0 Å². The molecule has 3 aromatic rings. The van der Waals surface area contributed by atoms with E-state index in [9.17, 15) is 0 Å². The molecule has 0 atom stereocenters. The molecule has 0 fully saturated rings. The van der Waals surface area contributed by atoms with Crippen LogP contribution in [0, 0.1) is 6.92 Å². The van der Waals surface area contributed by atoms with Crippen molar-refractivity contribution in [2.24, 2.45) is 0 Å². The minimum atomic E-state index is 0.878. The Bertz CT molecular complexity index is 698. The van der Waals surface area contributed by atoms with Crippen molar-refractivity contribution in [1.29, 1.82) is 0 Å². The van der Waals surface area contributed by atoms with Crippen LogP contribution in [0.5, 0.6) is 0 Å². The predicted molar refractivity (Wildman–Crippen MR) is 79.8 cm³/mol. The molecular formula is C14H16N4S. The Morgan fingerprint density at radius 1 is 1.37 bits per heavy atom. The summed E-state index contributed by atoms with van der Waals surface area (Å²) < 4.78 is 1.91. The van der Waals surface area contributed by atoms with E-state index < -0.39 is 0 Å². The topological polar surface area (TPSA) is 42.2 Å². The van der Waals surface area contributed by atoms with Gasteiger partial charge in [0.25, 0.3) is 0 Å². The standard InChI is InChI=1S/C14H16N4S/c1-3-6-15-13-4-5-14-16-8-11(18(14)17-13)12-7-10(2)9-19-12/h4-5,7-9H,3,6H2,1-2H3,(H,15,17). The molecule has 0 radical (unpaired) electrons. The fourth-order valence-electron chi connectivity index (χ4n) is 1.95. The molecule has 5 heteroatoms. The van der Waals surface area contributed by atoms with E-state index in [0.717, 1.165) is 30.1 Å². The maximum Gasteiger partial charge on any atom is 0.154 e. The molecule has 0 saturated carbocycles. The molecule has 98 valence electrons. The maximum absolute atomic E-state index is 4.61. The minimum Gasteiger partial charge on any atom is -0.369 e. The summed E-state index contributed by atoms with van der Waals surface area (Å²) in [6.07, 6.45) is 2.97. The summed E-state index contributed by atoms with van der Waals surface area (Å²) in [6, 6.07) is 6.14. The maximum atomic E-state index is 4.61. The lowest BCUT2D eigenvalue weighted by Gasteiger charge is -2.04. The van der Waals surface area contributed by atoms with Crippen LogP contribution in [-0.4, -0.2) is 21.1 Å². The highest BCUT2D eigenvalue weighted by Gasteiger charge is 2.09. The molecule has 3 rings (SSSR count). The molecule has 0 saturated heterocycles. The molecule has 3 heterocycles. The van der Waals surface area contributed by atoms with Crippen molar-refractivity contribution in [3.8, 4) is 10.6 Å². The highest BCUT2D eigenvalue weighted by Crippen LogP contribution is 2.27. The van der Waals surface area contributed by atoms with Crippen LogP contribution < -0.4 is 5.32 Å². The second kappa shape index (κ2) is 5.01. The van der Waals surface area contributed by atoms with Crippen LogP contribution in [0.25, 0.3) is 16.2 Å². The van der Waals surface area contributed by atoms with Crippen LogP contribution in [-0.2, 0) is 0 Å². The summed E-state index contributed by atoms with van der Waals surface area (Å²) in [6.45, 7) is 5.17. The number of nitrogens with one attached hydrogen (secondary N) is 1. The fourth-order valence-corrected chi connectivity index (χ4v) is 2.85. The van der Waals surface area contributed by atoms with Crippen LogP contribution in [0.4, 0.5) is 5.82 Å². The molecule has 1 N–H and O–H groups in total. The van der Waals surface area contributed by atoms with Gasteiger partial charge in [0.05, 0.1) is 11.1 Å². The Hall–Kier alpha value is -1.88. The van der Waals surface area contributed by atoms with E-state index in [1.807, 2.05) is 22.8 Å². The Balaban J connectivity index is 2.05. The number of aryl methyl sites for hydroxylation is 1. The number of anilines is 1. The zero-order valence-corrected chi connectivity index (χ0v) is 11.9. The van der Waals surface area contributed by atoms with Crippen LogP contribution >= 0.6 is 11.3 Å². The zero-order chi connectivity index (χ0) is 13.2. The molecule has 0 bridgehead atoms. The SMILES string of the molecule is CCCNc1ccc2ncc(-c3cc(C)cs3)n2n1. The first-order chi connectivity index (χ1) is 9.28. The fraction of sp³-hybridized carbons (Fsp3) is 0.286. The largest absolute Gasteiger partial charge is 0.369 e. The first kappa shape index (κ1) is 12.2. The van der Waals surface area contributed by atoms with Gasteiger partial charge in [-0.3, -0.25) is 0 Å². The minimum absolute atomic E-state index is 0.878. The number of nitrogens with zero attached hydrogens (tertiary/aromatic N) is 3. The highest BCUT2D eigenvalue weighted by molar-refractivity contribution is 7.13. The summed E-state index contributed by atoms with van der Waals surface area (Å²) in [4.78, 5) is 5.60. The van der Waals surface area contributed by atoms with Gasteiger partial charge >= 0.3 is 0 Å². The lowest BCUT2D eigenvalue weighted by Crippen LogP contribution is -2.04. The summed E-state index contributed by atoms with van der Waals surface area (Å²) in [5, 5.41) is 10.1.